The Kier molecular flexibility index (Phi) is 6.97. The zero-order valence-corrected chi connectivity index (χ0v) is 9.85. The highest BCUT2D eigenvalue weighted by Gasteiger charge is 2.04. The Balaban J connectivity index is 4.14. The minimum atomic E-state index is 0.674. The van der Waals surface area contributed by atoms with Gasteiger partial charge in [0.15, 0.2) is 0 Å². The summed E-state index contributed by atoms with van der Waals surface area (Å²) in [6, 6.07) is 0. The summed E-state index contributed by atoms with van der Waals surface area (Å²) in [4.78, 5) is 0. The molecule has 0 rings (SSSR count). The summed E-state index contributed by atoms with van der Waals surface area (Å²) in [7, 11) is 0. The molecular weight excluding hydrogens is 158 g/mol. The van der Waals surface area contributed by atoms with Crippen LogP contribution in [0, 0.1) is 11.8 Å². The van der Waals surface area contributed by atoms with Gasteiger partial charge in [0.05, 0.1) is 0 Å². The maximum atomic E-state index is 3.39. The van der Waals surface area contributed by atoms with Gasteiger partial charge in [0.2, 0.25) is 0 Å². The van der Waals surface area contributed by atoms with Crippen LogP contribution in [0.2, 0.25) is 0 Å². The molecule has 1 nitrogen and oxygen atoms in total. The molecule has 0 saturated carbocycles. The maximum Gasteiger partial charge on any atom is 0.0167 e. The van der Waals surface area contributed by atoms with Gasteiger partial charge in [0, 0.05) is 6.54 Å². The van der Waals surface area contributed by atoms with Gasteiger partial charge < -0.3 is 5.32 Å². The highest BCUT2D eigenvalue weighted by Crippen LogP contribution is 2.13. The standard InChI is InChI=1S/C12H25N/c1-6-11(5)8-12(10(3)4)9-13-7-2/h8,10-11,13H,6-7,9H2,1-5H3/b12-8+. The third-order valence-corrected chi connectivity index (χ3v) is 2.46. The third kappa shape index (κ3) is 5.87. The Labute approximate surface area is 83.6 Å². The second-order valence-corrected chi connectivity index (χ2v) is 4.06. The molecule has 78 valence electrons. The molecule has 0 aliphatic rings. The zero-order valence-electron chi connectivity index (χ0n) is 9.85. The molecule has 0 aromatic heterocycles. The Bertz CT molecular complexity index is 147. The van der Waals surface area contributed by atoms with Crippen molar-refractivity contribution in [1.82, 2.24) is 5.32 Å². The third-order valence-electron chi connectivity index (χ3n) is 2.46. The first-order chi connectivity index (χ1) is 6.11. The monoisotopic (exact) mass is 183 g/mol. The van der Waals surface area contributed by atoms with Crippen LogP contribution in [0.5, 0.6) is 0 Å². The van der Waals surface area contributed by atoms with E-state index in [9.17, 15) is 0 Å². The van der Waals surface area contributed by atoms with Crippen LogP contribution in [0.15, 0.2) is 11.6 Å². The van der Waals surface area contributed by atoms with Crippen molar-refractivity contribution in [2.45, 2.75) is 41.0 Å². The predicted octanol–water partition coefficient (Wildman–Crippen LogP) is 3.22. The van der Waals surface area contributed by atoms with E-state index in [2.05, 4.69) is 46.0 Å². The first-order valence-electron chi connectivity index (χ1n) is 5.53. The topological polar surface area (TPSA) is 12.0 Å². The van der Waals surface area contributed by atoms with Crippen molar-refractivity contribution in [3.63, 3.8) is 0 Å². The summed E-state index contributed by atoms with van der Waals surface area (Å²) in [6.45, 7) is 13.3. The minimum absolute atomic E-state index is 0.674. The summed E-state index contributed by atoms with van der Waals surface area (Å²) < 4.78 is 0. The molecular formula is C12H25N. The molecule has 0 aromatic carbocycles. The summed E-state index contributed by atoms with van der Waals surface area (Å²) in [6.07, 6.45) is 3.66. The summed E-state index contributed by atoms with van der Waals surface area (Å²) in [5, 5.41) is 3.39. The van der Waals surface area contributed by atoms with Crippen molar-refractivity contribution in [3.8, 4) is 0 Å². The Hall–Kier alpha value is -0.300. The highest BCUT2D eigenvalue weighted by molar-refractivity contribution is 5.08. The first kappa shape index (κ1) is 12.7. The summed E-state index contributed by atoms with van der Waals surface area (Å²) >= 11 is 0. The maximum absolute atomic E-state index is 3.39. The van der Waals surface area contributed by atoms with E-state index in [1.165, 1.54) is 6.42 Å². The van der Waals surface area contributed by atoms with Crippen LogP contribution in [0.1, 0.15) is 41.0 Å². The predicted molar refractivity (Wildman–Crippen MR) is 60.9 cm³/mol. The number of hydrogen-bond acceptors (Lipinski definition) is 1. The number of rotatable bonds is 6. The smallest absolute Gasteiger partial charge is 0.0167 e. The van der Waals surface area contributed by atoms with Crippen molar-refractivity contribution in [3.05, 3.63) is 11.6 Å². The van der Waals surface area contributed by atoms with E-state index < -0.39 is 0 Å². The molecule has 0 heterocycles. The quantitative estimate of drug-likeness (QED) is 0.623. The highest BCUT2D eigenvalue weighted by atomic mass is 14.8. The van der Waals surface area contributed by atoms with Gasteiger partial charge in [-0.1, -0.05) is 52.7 Å². The van der Waals surface area contributed by atoms with E-state index in [4.69, 9.17) is 0 Å². The van der Waals surface area contributed by atoms with E-state index in [0.717, 1.165) is 19.0 Å². The zero-order chi connectivity index (χ0) is 10.3. The molecule has 0 spiro atoms. The molecule has 1 N–H and O–H groups in total. The molecule has 1 unspecified atom stereocenters. The van der Waals surface area contributed by atoms with Gasteiger partial charge in [-0.05, 0) is 18.4 Å². The van der Waals surface area contributed by atoms with Crippen LogP contribution in [0.25, 0.3) is 0 Å². The van der Waals surface area contributed by atoms with Crippen LogP contribution in [0.3, 0.4) is 0 Å². The largest absolute Gasteiger partial charge is 0.313 e. The van der Waals surface area contributed by atoms with Crippen molar-refractivity contribution >= 4 is 0 Å². The van der Waals surface area contributed by atoms with Crippen LogP contribution in [-0.4, -0.2) is 13.1 Å². The molecule has 0 fully saturated rings. The molecule has 0 aliphatic carbocycles. The van der Waals surface area contributed by atoms with E-state index in [-0.39, 0.29) is 0 Å². The van der Waals surface area contributed by atoms with E-state index in [1.54, 1.807) is 5.57 Å². The fourth-order valence-electron chi connectivity index (χ4n) is 1.21. The Morgan fingerprint density at radius 2 is 1.85 bits per heavy atom. The van der Waals surface area contributed by atoms with Gasteiger partial charge in [-0.15, -0.1) is 0 Å². The second-order valence-electron chi connectivity index (χ2n) is 4.06. The molecule has 0 radical (unpaired) electrons. The minimum Gasteiger partial charge on any atom is -0.313 e. The number of likely N-dealkylation sites (N-methyl/N-ethyl adjacent to an activating group) is 1. The number of allylic oxidation sites excluding steroid dienone is 1. The van der Waals surface area contributed by atoms with E-state index >= 15 is 0 Å². The lowest BCUT2D eigenvalue weighted by atomic mass is 9.97. The van der Waals surface area contributed by atoms with Crippen LogP contribution < -0.4 is 5.32 Å². The van der Waals surface area contributed by atoms with Gasteiger partial charge in [-0.2, -0.15) is 0 Å². The molecule has 13 heavy (non-hydrogen) atoms. The molecule has 0 aliphatic heterocycles. The molecule has 0 bridgehead atoms. The Morgan fingerprint density at radius 1 is 1.23 bits per heavy atom. The molecule has 0 aromatic rings. The molecule has 0 amide bonds. The van der Waals surface area contributed by atoms with Gasteiger partial charge in [-0.25, -0.2) is 0 Å². The second kappa shape index (κ2) is 7.14. The van der Waals surface area contributed by atoms with Crippen molar-refractivity contribution in [1.29, 1.82) is 0 Å². The van der Waals surface area contributed by atoms with Gasteiger partial charge >= 0.3 is 0 Å². The lowest BCUT2D eigenvalue weighted by Gasteiger charge is -2.14. The van der Waals surface area contributed by atoms with E-state index in [1.807, 2.05) is 0 Å². The van der Waals surface area contributed by atoms with Crippen molar-refractivity contribution in [2.24, 2.45) is 11.8 Å². The fourth-order valence-corrected chi connectivity index (χ4v) is 1.21. The Morgan fingerprint density at radius 3 is 2.23 bits per heavy atom. The normalized spacial score (nSPS) is 15.1. The fraction of sp³-hybridized carbons (Fsp3) is 0.833. The lowest BCUT2D eigenvalue weighted by molar-refractivity contribution is 0.634. The average molecular weight is 183 g/mol. The molecule has 1 heteroatoms. The summed E-state index contributed by atoms with van der Waals surface area (Å²) in [5.74, 6) is 1.39. The lowest BCUT2D eigenvalue weighted by Crippen LogP contribution is -2.19. The number of nitrogens with one attached hydrogen (secondary N) is 1. The van der Waals surface area contributed by atoms with Crippen molar-refractivity contribution in [2.75, 3.05) is 13.1 Å². The first-order valence-corrected chi connectivity index (χ1v) is 5.53. The van der Waals surface area contributed by atoms with Crippen LogP contribution in [-0.2, 0) is 0 Å². The van der Waals surface area contributed by atoms with Gasteiger partial charge in [0.25, 0.3) is 0 Å². The van der Waals surface area contributed by atoms with Gasteiger partial charge in [-0.3, -0.25) is 0 Å². The van der Waals surface area contributed by atoms with E-state index in [0.29, 0.717) is 5.92 Å². The SMILES string of the molecule is CCNC/C(=C\C(C)CC)C(C)C. The number of hydrogen-bond donors (Lipinski definition) is 1. The van der Waals surface area contributed by atoms with Crippen LogP contribution in [0.4, 0.5) is 0 Å². The molecule has 0 saturated heterocycles. The van der Waals surface area contributed by atoms with Crippen LogP contribution >= 0.6 is 0 Å². The summed E-state index contributed by atoms with van der Waals surface area (Å²) in [5.41, 5.74) is 1.55. The average Bonchev–Trinajstić information content (AvgIpc) is 2.11. The molecule has 1 atom stereocenters. The van der Waals surface area contributed by atoms with Gasteiger partial charge in [0.1, 0.15) is 0 Å². The van der Waals surface area contributed by atoms with Crippen molar-refractivity contribution < 1.29 is 0 Å².